The van der Waals surface area contributed by atoms with Gasteiger partial charge >= 0.3 is 0 Å². The maximum atomic E-state index is 11.3. The molecule has 0 N–H and O–H groups in total. The second-order valence-electron chi connectivity index (χ2n) is 4.66. The van der Waals surface area contributed by atoms with Crippen LogP contribution in [0.25, 0.3) is 11.3 Å². The molecule has 98 valence electrons. The Hall–Kier alpha value is -1.81. The Labute approximate surface area is 115 Å². The summed E-state index contributed by atoms with van der Waals surface area (Å²) >= 11 is 6.19. The number of benzene rings is 1. The molecule has 1 aliphatic rings. The smallest absolute Gasteiger partial charge is 0.214 e. The highest BCUT2D eigenvalue weighted by Gasteiger charge is 2.33. The van der Waals surface area contributed by atoms with Crippen LogP contribution in [0.15, 0.2) is 28.8 Å². The highest BCUT2D eigenvalue weighted by Crippen LogP contribution is 2.40. The third kappa shape index (κ3) is 2.12. The summed E-state index contributed by atoms with van der Waals surface area (Å²) in [5.74, 6) is 0.633. The number of anilines is 1. The molecule has 4 nitrogen and oxygen atoms in total. The molecule has 1 amide bonds. The summed E-state index contributed by atoms with van der Waals surface area (Å²) < 4.78 is 5.26. The standard InChI is InChI=1S/C14H13ClN2O2/c1-9-14(17(8-18)10-6-7-10)13(16-19-9)11-4-2-3-5-12(11)15/h2-5,8,10H,6-7H2,1H3. The Morgan fingerprint density at radius 1 is 1.42 bits per heavy atom. The molecule has 1 aliphatic carbocycles. The molecule has 0 saturated heterocycles. The zero-order valence-electron chi connectivity index (χ0n) is 10.5. The summed E-state index contributed by atoms with van der Waals surface area (Å²) in [4.78, 5) is 13.0. The summed E-state index contributed by atoms with van der Waals surface area (Å²) in [5.41, 5.74) is 2.14. The van der Waals surface area contributed by atoms with Gasteiger partial charge in [-0.05, 0) is 25.8 Å². The number of aryl methyl sites for hydroxylation is 1. The first kappa shape index (κ1) is 12.2. The lowest BCUT2D eigenvalue weighted by Crippen LogP contribution is -2.24. The number of carbonyl (C=O) groups is 1. The van der Waals surface area contributed by atoms with Gasteiger partial charge in [0.25, 0.3) is 0 Å². The molecule has 5 heteroatoms. The SMILES string of the molecule is Cc1onc(-c2ccccc2Cl)c1N(C=O)C1CC1. The van der Waals surface area contributed by atoms with Gasteiger partial charge in [0.1, 0.15) is 11.4 Å². The molecular formula is C14H13ClN2O2. The average molecular weight is 277 g/mol. The van der Waals surface area contributed by atoms with Crippen molar-refractivity contribution in [1.82, 2.24) is 5.16 Å². The van der Waals surface area contributed by atoms with Crippen molar-refractivity contribution in [2.24, 2.45) is 0 Å². The van der Waals surface area contributed by atoms with E-state index in [1.165, 1.54) is 0 Å². The van der Waals surface area contributed by atoms with Crippen LogP contribution in [0.2, 0.25) is 5.02 Å². The molecule has 0 atom stereocenters. The zero-order valence-corrected chi connectivity index (χ0v) is 11.2. The summed E-state index contributed by atoms with van der Waals surface area (Å²) in [7, 11) is 0. The second-order valence-corrected chi connectivity index (χ2v) is 5.07. The molecule has 1 saturated carbocycles. The lowest BCUT2D eigenvalue weighted by molar-refractivity contribution is -0.107. The third-order valence-corrected chi connectivity index (χ3v) is 3.60. The molecule has 1 heterocycles. The Morgan fingerprint density at radius 2 is 2.16 bits per heavy atom. The van der Waals surface area contributed by atoms with Crippen molar-refractivity contribution < 1.29 is 9.32 Å². The van der Waals surface area contributed by atoms with E-state index in [1.807, 2.05) is 25.1 Å². The highest BCUT2D eigenvalue weighted by molar-refractivity contribution is 6.33. The van der Waals surface area contributed by atoms with Crippen LogP contribution < -0.4 is 4.90 Å². The van der Waals surface area contributed by atoms with E-state index in [0.717, 1.165) is 30.5 Å². The monoisotopic (exact) mass is 276 g/mol. The number of halogens is 1. The number of hydrogen-bond donors (Lipinski definition) is 0. The van der Waals surface area contributed by atoms with E-state index in [9.17, 15) is 4.79 Å². The molecular weight excluding hydrogens is 264 g/mol. The van der Waals surface area contributed by atoms with Crippen LogP contribution in [0.5, 0.6) is 0 Å². The number of aromatic nitrogens is 1. The average Bonchev–Trinajstić information content (AvgIpc) is 3.17. The van der Waals surface area contributed by atoms with E-state index in [-0.39, 0.29) is 6.04 Å². The fraction of sp³-hybridized carbons (Fsp3) is 0.286. The second kappa shape index (κ2) is 4.70. The Balaban J connectivity index is 2.12. The first-order chi connectivity index (χ1) is 9.22. The van der Waals surface area contributed by atoms with E-state index < -0.39 is 0 Å². The van der Waals surface area contributed by atoms with E-state index in [4.69, 9.17) is 16.1 Å². The van der Waals surface area contributed by atoms with Crippen molar-refractivity contribution in [2.75, 3.05) is 4.90 Å². The summed E-state index contributed by atoms with van der Waals surface area (Å²) in [6.45, 7) is 1.81. The summed E-state index contributed by atoms with van der Waals surface area (Å²) in [6, 6.07) is 7.68. The molecule has 1 fully saturated rings. The maximum Gasteiger partial charge on any atom is 0.214 e. The van der Waals surface area contributed by atoms with Gasteiger partial charge in [-0.25, -0.2) is 0 Å². The lowest BCUT2D eigenvalue weighted by atomic mass is 10.1. The van der Waals surface area contributed by atoms with Crippen molar-refractivity contribution in [1.29, 1.82) is 0 Å². The third-order valence-electron chi connectivity index (χ3n) is 3.27. The van der Waals surface area contributed by atoms with Crippen molar-refractivity contribution >= 4 is 23.7 Å². The molecule has 19 heavy (non-hydrogen) atoms. The molecule has 0 aliphatic heterocycles. The minimum Gasteiger partial charge on any atom is -0.359 e. The fourth-order valence-electron chi connectivity index (χ4n) is 2.18. The number of nitrogens with zero attached hydrogens (tertiary/aromatic N) is 2. The number of rotatable bonds is 4. The normalized spacial score (nSPS) is 14.4. The van der Waals surface area contributed by atoms with Crippen molar-refractivity contribution in [3.05, 3.63) is 35.0 Å². The van der Waals surface area contributed by atoms with Crippen LogP contribution in [0.1, 0.15) is 18.6 Å². The minimum atomic E-state index is 0.261. The van der Waals surface area contributed by atoms with Crippen molar-refractivity contribution in [3.63, 3.8) is 0 Å². The van der Waals surface area contributed by atoms with Crippen LogP contribution in [0.4, 0.5) is 5.69 Å². The summed E-state index contributed by atoms with van der Waals surface area (Å²) in [6.07, 6.45) is 2.88. The predicted molar refractivity (Wildman–Crippen MR) is 73.3 cm³/mol. The van der Waals surface area contributed by atoms with Crippen molar-refractivity contribution in [3.8, 4) is 11.3 Å². The van der Waals surface area contributed by atoms with Gasteiger partial charge in [-0.2, -0.15) is 0 Å². The van der Waals surface area contributed by atoms with Gasteiger partial charge < -0.3 is 9.42 Å². The molecule has 0 unspecified atom stereocenters. The predicted octanol–water partition coefficient (Wildman–Crippen LogP) is 3.43. The fourth-order valence-corrected chi connectivity index (χ4v) is 2.40. The van der Waals surface area contributed by atoms with E-state index in [0.29, 0.717) is 16.5 Å². The topological polar surface area (TPSA) is 46.3 Å². The van der Waals surface area contributed by atoms with Gasteiger partial charge in [0.05, 0.1) is 5.02 Å². The van der Waals surface area contributed by atoms with Crippen LogP contribution in [-0.4, -0.2) is 17.6 Å². The number of amides is 1. The minimum absolute atomic E-state index is 0.261. The summed E-state index contributed by atoms with van der Waals surface area (Å²) in [5, 5.41) is 4.66. The van der Waals surface area contributed by atoms with Gasteiger partial charge in [-0.1, -0.05) is 35.0 Å². The molecule has 0 spiro atoms. The highest BCUT2D eigenvalue weighted by atomic mass is 35.5. The van der Waals surface area contributed by atoms with E-state index in [2.05, 4.69) is 5.16 Å². The van der Waals surface area contributed by atoms with E-state index in [1.54, 1.807) is 11.0 Å². The molecule has 3 rings (SSSR count). The Bertz CT molecular complexity index is 620. The van der Waals surface area contributed by atoms with Gasteiger partial charge in [0, 0.05) is 11.6 Å². The number of carbonyl (C=O) groups excluding carboxylic acids is 1. The first-order valence-corrected chi connectivity index (χ1v) is 6.55. The van der Waals surface area contributed by atoms with Gasteiger partial charge in [-0.3, -0.25) is 4.79 Å². The molecule has 1 aromatic carbocycles. The lowest BCUT2D eigenvalue weighted by Gasteiger charge is -2.16. The van der Waals surface area contributed by atoms with E-state index >= 15 is 0 Å². The van der Waals surface area contributed by atoms with Crippen LogP contribution in [0.3, 0.4) is 0 Å². The maximum absolute atomic E-state index is 11.3. The molecule has 0 radical (unpaired) electrons. The molecule has 1 aromatic heterocycles. The van der Waals surface area contributed by atoms with Gasteiger partial charge in [0.2, 0.25) is 6.41 Å². The van der Waals surface area contributed by atoms with Crippen LogP contribution >= 0.6 is 11.6 Å². The van der Waals surface area contributed by atoms with Crippen LogP contribution in [0, 0.1) is 6.92 Å². The zero-order chi connectivity index (χ0) is 13.4. The first-order valence-electron chi connectivity index (χ1n) is 6.17. The Morgan fingerprint density at radius 3 is 2.79 bits per heavy atom. The largest absolute Gasteiger partial charge is 0.359 e. The molecule has 0 bridgehead atoms. The van der Waals surface area contributed by atoms with Crippen molar-refractivity contribution in [2.45, 2.75) is 25.8 Å². The van der Waals surface area contributed by atoms with Crippen LogP contribution in [-0.2, 0) is 4.79 Å². The number of hydrogen-bond acceptors (Lipinski definition) is 3. The Kier molecular flexibility index (Phi) is 3.03. The van der Waals surface area contributed by atoms with Gasteiger partial charge in [-0.15, -0.1) is 0 Å². The van der Waals surface area contributed by atoms with Gasteiger partial charge in [0.15, 0.2) is 5.76 Å². The molecule has 2 aromatic rings. The quantitative estimate of drug-likeness (QED) is 0.804.